The van der Waals surface area contributed by atoms with E-state index >= 15 is 0 Å². The maximum atomic E-state index is 12.8. The fraction of sp³-hybridized carbons (Fsp3) is 0.143. The average molecular weight is 439 g/mol. The number of hydrogen-bond acceptors (Lipinski definition) is 7. The van der Waals surface area contributed by atoms with E-state index in [2.05, 4.69) is 15.3 Å². The van der Waals surface area contributed by atoms with Gasteiger partial charge in [0.1, 0.15) is 17.1 Å². The molecule has 9 heteroatoms. The molecule has 4 aromatic rings. The molecular weight excluding hydrogens is 420 g/mol. The van der Waals surface area contributed by atoms with Crippen LogP contribution >= 0.6 is 23.1 Å². The summed E-state index contributed by atoms with van der Waals surface area (Å²) in [5, 5.41) is 5.55. The number of para-hydroxylation sites is 1. The number of nitrogens with zero attached hydrogens (tertiary/aromatic N) is 3. The number of rotatable bonds is 7. The van der Waals surface area contributed by atoms with E-state index in [1.165, 1.54) is 23.0 Å². The molecule has 0 aliphatic heterocycles. The molecule has 0 fully saturated rings. The molecule has 0 atom stereocenters. The number of furan rings is 1. The van der Waals surface area contributed by atoms with Crippen LogP contribution < -0.4 is 10.2 Å². The van der Waals surface area contributed by atoms with Crippen molar-refractivity contribution in [1.82, 2.24) is 15.3 Å². The number of amides is 2. The lowest BCUT2D eigenvalue weighted by atomic mass is 10.1. The molecule has 0 saturated carbocycles. The normalized spacial score (nSPS) is 10.8. The molecule has 0 radical (unpaired) electrons. The van der Waals surface area contributed by atoms with Crippen LogP contribution in [0.3, 0.4) is 0 Å². The first-order chi connectivity index (χ1) is 14.6. The molecule has 0 aliphatic rings. The Morgan fingerprint density at radius 3 is 2.87 bits per heavy atom. The maximum absolute atomic E-state index is 12.8. The summed E-state index contributed by atoms with van der Waals surface area (Å²) in [6.45, 7) is 0.276. The van der Waals surface area contributed by atoms with Gasteiger partial charge >= 0.3 is 0 Å². The highest BCUT2D eigenvalue weighted by Crippen LogP contribution is 2.29. The Labute approximate surface area is 181 Å². The number of nitrogens with one attached hydrogen (secondary N) is 1. The molecule has 1 N–H and O–H groups in total. The molecule has 152 valence electrons. The molecule has 1 aromatic carbocycles. The molecule has 0 unspecified atom stereocenters. The molecule has 0 aliphatic carbocycles. The van der Waals surface area contributed by atoms with Gasteiger partial charge in [-0.05, 0) is 35.7 Å². The van der Waals surface area contributed by atoms with Crippen LogP contribution in [0.1, 0.15) is 16.1 Å². The first-order valence-corrected chi connectivity index (χ1v) is 11.0. The Hall–Kier alpha value is -3.17. The predicted octanol–water partition coefficient (Wildman–Crippen LogP) is 3.97. The van der Waals surface area contributed by atoms with Crippen LogP contribution in [0, 0.1) is 0 Å². The van der Waals surface area contributed by atoms with E-state index in [0.717, 1.165) is 15.2 Å². The molecule has 0 spiro atoms. The van der Waals surface area contributed by atoms with E-state index in [-0.39, 0.29) is 24.1 Å². The van der Waals surface area contributed by atoms with Gasteiger partial charge in [0.2, 0.25) is 5.91 Å². The topological polar surface area (TPSA) is 88.3 Å². The van der Waals surface area contributed by atoms with Gasteiger partial charge < -0.3 is 14.6 Å². The second-order valence-corrected chi connectivity index (χ2v) is 8.21. The highest BCUT2D eigenvalue weighted by Gasteiger charge is 2.19. The minimum atomic E-state index is -0.273. The highest BCUT2D eigenvalue weighted by molar-refractivity contribution is 8.00. The highest BCUT2D eigenvalue weighted by atomic mass is 32.2. The third-order valence-electron chi connectivity index (χ3n) is 4.43. The Morgan fingerprint density at radius 2 is 2.03 bits per heavy atom. The number of aromatic nitrogens is 2. The Kier molecular flexibility index (Phi) is 6.10. The summed E-state index contributed by atoms with van der Waals surface area (Å²) in [4.78, 5) is 35.5. The van der Waals surface area contributed by atoms with Crippen molar-refractivity contribution in [3.8, 4) is 0 Å². The van der Waals surface area contributed by atoms with Gasteiger partial charge in [-0.15, -0.1) is 11.3 Å². The van der Waals surface area contributed by atoms with Crippen LogP contribution in [-0.2, 0) is 11.3 Å². The van der Waals surface area contributed by atoms with E-state index in [9.17, 15) is 9.59 Å². The van der Waals surface area contributed by atoms with Crippen molar-refractivity contribution in [2.24, 2.45) is 0 Å². The zero-order valence-electron chi connectivity index (χ0n) is 16.1. The van der Waals surface area contributed by atoms with Crippen LogP contribution in [0.25, 0.3) is 10.2 Å². The lowest BCUT2D eigenvalue weighted by Gasteiger charge is -2.20. The smallest absolute Gasteiger partial charge is 0.253 e. The number of anilines is 1. The molecule has 7 nitrogen and oxygen atoms in total. The number of benzene rings is 1. The molecule has 30 heavy (non-hydrogen) atoms. The Morgan fingerprint density at radius 1 is 1.17 bits per heavy atom. The van der Waals surface area contributed by atoms with Gasteiger partial charge in [0.05, 0.1) is 40.0 Å². The fourth-order valence-electron chi connectivity index (χ4n) is 2.86. The lowest BCUT2D eigenvalue weighted by Crippen LogP contribution is -2.31. The van der Waals surface area contributed by atoms with Crippen LogP contribution in [0.4, 0.5) is 5.69 Å². The predicted molar refractivity (Wildman–Crippen MR) is 118 cm³/mol. The van der Waals surface area contributed by atoms with Crippen molar-refractivity contribution in [2.75, 3.05) is 17.7 Å². The number of carbonyl (C=O) groups is 2. The SMILES string of the molecule is CN(C(=O)CSc1ncnc2ccsc12)c1ccccc1C(=O)NCc1ccco1. The third kappa shape index (κ3) is 4.37. The van der Waals surface area contributed by atoms with Gasteiger partial charge in [0, 0.05) is 7.05 Å². The van der Waals surface area contributed by atoms with E-state index in [1.54, 1.807) is 61.0 Å². The largest absolute Gasteiger partial charge is 0.467 e. The second-order valence-electron chi connectivity index (χ2n) is 6.33. The second kappa shape index (κ2) is 9.10. The first-order valence-electron chi connectivity index (χ1n) is 9.10. The monoisotopic (exact) mass is 438 g/mol. The Balaban J connectivity index is 1.44. The van der Waals surface area contributed by atoms with Crippen molar-refractivity contribution >= 4 is 50.8 Å². The van der Waals surface area contributed by atoms with Gasteiger partial charge in [-0.1, -0.05) is 23.9 Å². The van der Waals surface area contributed by atoms with Gasteiger partial charge in [0.25, 0.3) is 5.91 Å². The van der Waals surface area contributed by atoms with Crippen molar-refractivity contribution in [1.29, 1.82) is 0 Å². The minimum absolute atomic E-state index is 0.130. The van der Waals surface area contributed by atoms with Gasteiger partial charge in [-0.3, -0.25) is 9.59 Å². The van der Waals surface area contributed by atoms with Crippen molar-refractivity contribution < 1.29 is 14.0 Å². The molecule has 0 bridgehead atoms. The van der Waals surface area contributed by atoms with Gasteiger partial charge in [0.15, 0.2) is 0 Å². The summed E-state index contributed by atoms with van der Waals surface area (Å²) in [5.41, 5.74) is 1.84. The lowest BCUT2D eigenvalue weighted by molar-refractivity contribution is -0.115. The summed E-state index contributed by atoms with van der Waals surface area (Å²) < 4.78 is 6.21. The van der Waals surface area contributed by atoms with Gasteiger partial charge in [-0.25, -0.2) is 9.97 Å². The van der Waals surface area contributed by atoms with Crippen molar-refractivity contribution in [3.05, 3.63) is 71.8 Å². The average Bonchev–Trinajstić information content (AvgIpc) is 3.47. The summed E-state index contributed by atoms with van der Waals surface area (Å²) in [5.74, 6) is 0.453. The Bertz CT molecular complexity index is 1170. The summed E-state index contributed by atoms with van der Waals surface area (Å²) in [6.07, 6.45) is 3.06. The maximum Gasteiger partial charge on any atom is 0.253 e. The van der Waals surface area contributed by atoms with Crippen LogP contribution in [0.5, 0.6) is 0 Å². The summed E-state index contributed by atoms with van der Waals surface area (Å²) in [7, 11) is 1.67. The molecule has 2 amide bonds. The fourth-order valence-corrected chi connectivity index (χ4v) is 4.72. The zero-order chi connectivity index (χ0) is 20.9. The number of thiophene rings is 1. The van der Waals surface area contributed by atoms with E-state index in [4.69, 9.17) is 4.42 Å². The number of thioether (sulfide) groups is 1. The number of carbonyl (C=O) groups excluding carboxylic acids is 2. The van der Waals surface area contributed by atoms with E-state index < -0.39 is 0 Å². The van der Waals surface area contributed by atoms with Crippen molar-refractivity contribution in [3.63, 3.8) is 0 Å². The van der Waals surface area contributed by atoms with Crippen LogP contribution in [0.15, 0.2) is 69.9 Å². The van der Waals surface area contributed by atoms with Gasteiger partial charge in [-0.2, -0.15) is 0 Å². The molecule has 3 heterocycles. The molecule has 4 rings (SSSR count). The van der Waals surface area contributed by atoms with Crippen LogP contribution in [0.2, 0.25) is 0 Å². The van der Waals surface area contributed by atoms with Crippen molar-refractivity contribution in [2.45, 2.75) is 11.6 Å². The third-order valence-corrected chi connectivity index (χ3v) is 6.44. The minimum Gasteiger partial charge on any atom is -0.467 e. The number of fused-ring (bicyclic) bond motifs is 1. The summed E-state index contributed by atoms with van der Waals surface area (Å²) in [6, 6.07) is 12.5. The molecular formula is C21H18N4O3S2. The summed E-state index contributed by atoms with van der Waals surface area (Å²) >= 11 is 2.91. The standard InChI is InChI=1S/C21H18N4O3S2/c1-25(18(26)12-30-21-19-16(8-10-29-19)23-13-24-21)17-7-3-2-6-15(17)20(27)22-11-14-5-4-9-28-14/h2-10,13H,11-12H2,1H3,(H,22,27). The molecule has 0 saturated heterocycles. The van der Waals surface area contributed by atoms with Crippen LogP contribution in [-0.4, -0.2) is 34.6 Å². The van der Waals surface area contributed by atoms with E-state index in [1.807, 2.05) is 11.4 Å². The molecule has 3 aromatic heterocycles. The van der Waals surface area contributed by atoms with E-state index in [0.29, 0.717) is 17.0 Å². The quantitative estimate of drug-likeness (QED) is 0.347. The number of hydrogen-bond donors (Lipinski definition) is 1. The zero-order valence-corrected chi connectivity index (χ0v) is 17.7. The first kappa shape index (κ1) is 20.1.